The van der Waals surface area contributed by atoms with E-state index in [1.807, 2.05) is 41.5 Å². The quantitative estimate of drug-likeness (QED) is 0.124. The standard InChI is InChI=1S/C49H92N4O5/c1-41(2,3)37(54)47(50-44(10,11)12,29-24-25-30-49(39(56)43(7,8)9)31-27-33-53(49)46(16,17)18)28-23-21-19-20-22-26-35-58-40(57)52-34-32-48(36-52,51-45(13,14)15)38(55)42(4,5)6/h50-51H,19-36H2,1-18H3/t47?,48-,49-/m0/s1. The van der Waals surface area contributed by atoms with Crippen LogP contribution >= 0.6 is 0 Å². The molecule has 2 N–H and O–H groups in total. The number of carbonyl (C=O) groups is 4. The second-order valence-electron chi connectivity index (χ2n) is 24.5. The van der Waals surface area contributed by atoms with Gasteiger partial charge in [-0.1, -0.05) is 107 Å². The molecule has 0 saturated carbocycles. The van der Waals surface area contributed by atoms with Gasteiger partial charge < -0.3 is 15.0 Å². The van der Waals surface area contributed by atoms with Crippen LogP contribution in [0.15, 0.2) is 0 Å². The molecular formula is C49H92N4O5. The molecule has 338 valence electrons. The molecule has 2 fully saturated rings. The summed E-state index contributed by atoms with van der Waals surface area (Å²) >= 11 is 0. The summed E-state index contributed by atoms with van der Waals surface area (Å²) in [5.74, 6) is 0.766. The van der Waals surface area contributed by atoms with Crippen molar-refractivity contribution >= 4 is 23.4 Å². The molecule has 0 aliphatic carbocycles. The molecule has 0 radical (unpaired) electrons. The highest BCUT2D eigenvalue weighted by Crippen LogP contribution is 2.44. The van der Waals surface area contributed by atoms with Gasteiger partial charge in [0.1, 0.15) is 0 Å². The van der Waals surface area contributed by atoms with Gasteiger partial charge in [-0.15, -0.1) is 0 Å². The lowest BCUT2D eigenvalue weighted by Gasteiger charge is -2.48. The molecule has 9 nitrogen and oxygen atoms in total. The molecular weight excluding hydrogens is 725 g/mol. The zero-order valence-electron chi connectivity index (χ0n) is 41.2. The maximum atomic E-state index is 14.5. The maximum absolute atomic E-state index is 14.5. The van der Waals surface area contributed by atoms with Crippen molar-refractivity contribution in [2.75, 3.05) is 26.2 Å². The first kappa shape index (κ1) is 52.3. The lowest BCUT2D eigenvalue weighted by Crippen LogP contribution is -2.63. The Hall–Kier alpha value is -1.84. The van der Waals surface area contributed by atoms with Gasteiger partial charge in [0, 0.05) is 46.0 Å². The van der Waals surface area contributed by atoms with E-state index in [9.17, 15) is 19.2 Å². The Balaban J connectivity index is 2.00. The van der Waals surface area contributed by atoms with Gasteiger partial charge in [-0.2, -0.15) is 0 Å². The van der Waals surface area contributed by atoms with Crippen molar-refractivity contribution in [3.63, 3.8) is 0 Å². The van der Waals surface area contributed by atoms with Crippen molar-refractivity contribution in [3.05, 3.63) is 0 Å². The highest BCUT2D eigenvalue weighted by molar-refractivity contribution is 5.95. The normalized spacial score (nSPS) is 22.6. The topological polar surface area (TPSA) is 108 Å². The number of likely N-dealkylation sites (tertiary alicyclic amines) is 2. The van der Waals surface area contributed by atoms with Gasteiger partial charge in [-0.3, -0.25) is 24.6 Å². The largest absolute Gasteiger partial charge is 0.449 e. The zero-order chi connectivity index (χ0) is 44.8. The molecule has 0 aromatic heterocycles. The minimum Gasteiger partial charge on any atom is -0.449 e. The molecule has 2 heterocycles. The Morgan fingerprint density at radius 2 is 1.10 bits per heavy atom. The van der Waals surface area contributed by atoms with Crippen LogP contribution in [0.4, 0.5) is 4.79 Å². The Labute approximate surface area is 357 Å². The SMILES string of the molecule is CC(C)(C)NC(CCCCCCCCOC(=O)N1CC[C@@](NC(C)(C)C)(C(=O)C(C)(C)C)C1)(CCCC[C@@]1(C(=O)C(C)(C)C)CCCN1C(C)(C)C)C(=O)C(C)(C)C. The number of hydrogen-bond donors (Lipinski definition) is 2. The van der Waals surface area contributed by atoms with Crippen LogP contribution in [-0.2, 0) is 19.1 Å². The molecule has 1 amide bonds. The number of unbranched alkanes of at least 4 members (excludes halogenated alkanes) is 6. The monoisotopic (exact) mass is 817 g/mol. The molecule has 3 atom stereocenters. The van der Waals surface area contributed by atoms with Gasteiger partial charge in [-0.05, 0) is 114 Å². The van der Waals surface area contributed by atoms with E-state index in [1.54, 1.807) is 4.90 Å². The number of nitrogens with one attached hydrogen (secondary N) is 2. The number of amides is 1. The second kappa shape index (κ2) is 19.5. The summed E-state index contributed by atoms with van der Waals surface area (Å²) < 4.78 is 5.71. The highest BCUT2D eigenvalue weighted by Gasteiger charge is 2.54. The Morgan fingerprint density at radius 3 is 1.59 bits per heavy atom. The number of nitrogens with zero attached hydrogens (tertiary/aromatic N) is 2. The van der Waals surface area contributed by atoms with Gasteiger partial charge in [0.15, 0.2) is 17.3 Å². The Bertz CT molecular complexity index is 1380. The smallest absolute Gasteiger partial charge is 0.409 e. The van der Waals surface area contributed by atoms with E-state index in [0.29, 0.717) is 31.9 Å². The molecule has 0 aromatic rings. The van der Waals surface area contributed by atoms with E-state index in [2.05, 4.69) is 98.6 Å². The number of ether oxygens (including phenoxy) is 1. The van der Waals surface area contributed by atoms with Gasteiger partial charge in [0.25, 0.3) is 0 Å². The third kappa shape index (κ3) is 14.7. The highest BCUT2D eigenvalue weighted by atomic mass is 16.6. The summed E-state index contributed by atoms with van der Waals surface area (Å²) in [5.41, 5.74) is -3.90. The first-order valence-electron chi connectivity index (χ1n) is 23.1. The molecule has 2 aliphatic heterocycles. The average Bonchev–Trinajstić information content (AvgIpc) is 3.68. The van der Waals surface area contributed by atoms with Crippen molar-refractivity contribution < 1.29 is 23.9 Å². The fourth-order valence-corrected chi connectivity index (χ4v) is 10.2. The first-order valence-corrected chi connectivity index (χ1v) is 23.1. The van der Waals surface area contributed by atoms with E-state index in [1.165, 1.54) is 0 Å². The molecule has 2 rings (SSSR count). The van der Waals surface area contributed by atoms with Crippen molar-refractivity contribution in [2.24, 2.45) is 16.2 Å². The van der Waals surface area contributed by atoms with E-state index in [4.69, 9.17) is 4.74 Å². The molecule has 0 spiro atoms. The molecule has 0 aromatic carbocycles. The predicted molar refractivity (Wildman–Crippen MR) is 241 cm³/mol. The minimum absolute atomic E-state index is 0.0958. The summed E-state index contributed by atoms with van der Waals surface area (Å²) in [7, 11) is 0. The predicted octanol–water partition coefficient (Wildman–Crippen LogP) is 10.9. The van der Waals surface area contributed by atoms with Crippen LogP contribution in [0.5, 0.6) is 0 Å². The molecule has 1 unspecified atom stereocenters. The third-order valence-electron chi connectivity index (χ3n) is 12.1. The van der Waals surface area contributed by atoms with E-state index in [-0.39, 0.29) is 34.3 Å². The van der Waals surface area contributed by atoms with Crippen molar-refractivity contribution in [3.8, 4) is 0 Å². The number of Topliss-reactive ketones (excluding diaryl/α,β-unsaturated/α-hetero) is 3. The zero-order valence-corrected chi connectivity index (χ0v) is 41.2. The van der Waals surface area contributed by atoms with Gasteiger partial charge >= 0.3 is 6.09 Å². The summed E-state index contributed by atoms with van der Waals surface area (Å²) in [6, 6.07) is 0. The summed E-state index contributed by atoms with van der Waals surface area (Å²) in [6.45, 7) is 39.7. The van der Waals surface area contributed by atoms with Crippen LogP contribution in [0, 0.1) is 16.2 Å². The van der Waals surface area contributed by atoms with Crippen LogP contribution in [0.2, 0.25) is 0 Å². The van der Waals surface area contributed by atoms with Crippen molar-refractivity contribution in [2.45, 2.75) is 248 Å². The van der Waals surface area contributed by atoms with Gasteiger partial charge in [0.2, 0.25) is 0 Å². The Morgan fingerprint density at radius 1 is 0.586 bits per heavy atom. The maximum Gasteiger partial charge on any atom is 0.409 e. The summed E-state index contributed by atoms with van der Waals surface area (Å²) in [6.07, 6.45) is 12.2. The fraction of sp³-hybridized carbons (Fsp3) is 0.918. The average molecular weight is 817 g/mol. The van der Waals surface area contributed by atoms with Crippen LogP contribution in [0.25, 0.3) is 0 Å². The van der Waals surface area contributed by atoms with Crippen LogP contribution in [0.3, 0.4) is 0 Å². The Kier molecular flexibility index (Phi) is 17.6. The first-order chi connectivity index (χ1) is 26.1. The molecule has 0 bridgehead atoms. The second-order valence-corrected chi connectivity index (χ2v) is 24.5. The molecule has 2 aliphatic rings. The minimum atomic E-state index is -0.772. The summed E-state index contributed by atoms with van der Waals surface area (Å²) in [5, 5.41) is 7.43. The van der Waals surface area contributed by atoms with Gasteiger partial charge in [0.05, 0.1) is 23.2 Å². The fourth-order valence-electron chi connectivity index (χ4n) is 10.2. The lowest BCUT2D eigenvalue weighted by molar-refractivity contribution is -0.141. The van der Waals surface area contributed by atoms with E-state index < -0.39 is 32.9 Å². The van der Waals surface area contributed by atoms with Crippen LogP contribution in [0.1, 0.15) is 215 Å². The number of ketones is 3. The van der Waals surface area contributed by atoms with Crippen molar-refractivity contribution in [1.29, 1.82) is 0 Å². The lowest BCUT2D eigenvalue weighted by atomic mass is 9.70. The van der Waals surface area contributed by atoms with E-state index in [0.717, 1.165) is 90.0 Å². The molecule has 9 heteroatoms. The third-order valence-corrected chi connectivity index (χ3v) is 12.1. The van der Waals surface area contributed by atoms with Crippen LogP contribution in [-0.4, -0.2) is 92.7 Å². The van der Waals surface area contributed by atoms with Gasteiger partial charge in [-0.25, -0.2) is 4.79 Å². The van der Waals surface area contributed by atoms with Crippen molar-refractivity contribution in [1.82, 2.24) is 20.4 Å². The summed E-state index contributed by atoms with van der Waals surface area (Å²) in [4.78, 5) is 59.5. The number of carbonyl (C=O) groups excluding carboxylic acids is 4. The van der Waals surface area contributed by atoms with E-state index >= 15 is 0 Å². The van der Waals surface area contributed by atoms with Crippen LogP contribution < -0.4 is 10.6 Å². The molecule has 58 heavy (non-hydrogen) atoms. The number of hydrogen-bond acceptors (Lipinski definition) is 8. The molecule has 2 saturated heterocycles. The number of rotatable bonds is 19.